The van der Waals surface area contributed by atoms with Gasteiger partial charge in [-0.25, -0.2) is 4.79 Å². The van der Waals surface area contributed by atoms with Gasteiger partial charge in [-0.05, 0) is 0 Å². The first-order valence-electron chi connectivity index (χ1n) is 5.50. The standard InChI is InChI=1S/C11H21N2O3.ClH/c1-4-11(14)16-8-6-13(2,3)10-9-12-5-7-15-10;/h4,10,12H,1,5-9H2,2-3H3;1H/q+1;/p-1. The number of hydrogen-bond donors (Lipinski definition) is 1. The molecule has 0 amide bonds. The summed E-state index contributed by atoms with van der Waals surface area (Å²) in [5, 5.41) is 3.29. The minimum absolute atomic E-state index is 0. The number of ether oxygens (including phenoxy) is 2. The van der Waals surface area contributed by atoms with Gasteiger partial charge >= 0.3 is 5.97 Å². The Bertz CT molecular complexity index is 253. The molecule has 0 aromatic heterocycles. The van der Waals surface area contributed by atoms with Crippen LogP contribution in [0.4, 0.5) is 0 Å². The summed E-state index contributed by atoms with van der Waals surface area (Å²) < 4.78 is 11.3. The van der Waals surface area contributed by atoms with Gasteiger partial charge in [0, 0.05) is 12.6 Å². The van der Waals surface area contributed by atoms with Crippen molar-refractivity contribution >= 4 is 5.97 Å². The Labute approximate surface area is 109 Å². The highest BCUT2D eigenvalue weighted by Gasteiger charge is 2.30. The van der Waals surface area contributed by atoms with Gasteiger partial charge in [0.1, 0.15) is 13.2 Å². The predicted molar refractivity (Wildman–Crippen MR) is 60.7 cm³/mol. The van der Waals surface area contributed by atoms with Gasteiger partial charge < -0.3 is 27.2 Å². The summed E-state index contributed by atoms with van der Waals surface area (Å²) in [7, 11) is 4.14. The second-order valence-electron chi connectivity index (χ2n) is 4.40. The minimum atomic E-state index is -0.373. The monoisotopic (exact) mass is 264 g/mol. The molecule has 0 radical (unpaired) electrons. The zero-order chi connectivity index (χ0) is 12.0. The maximum absolute atomic E-state index is 10.9. The quantitative estimate of drug-likeness (QED) is 0.322. The number of halogens is 1. The number of rotatable bonds is 5. The molecule has 0 saturated carbocycles. The Morgan fingerprint density at radius 2 is 2.35 bits per heavy atom. The van der Waals surface area contributed by atoms with Crippen LogP contribution >= 0.6 is 0 Å². The zero-order valence-corrected chi connectivity index (χ0v) is 11.2. The fraction of sp³-hybridized carbons (Fsp3) is 0.727. The highest BCUT2D eigenvalue weighted by Crippen LogP contribution is 2.09. The highest BCUT2D eigenvalue weighted by atomic mass is 35.5. The second kappa shape index (κ2) is 7.66. The molecule has 0 aromatic carbocycles. The second-order valence-corrected chi connectivity index (χ2v) is 4.40. The molecule has 1 N–H and O–H groups in total. The Kier molecular flexibility index (Phi) is 7.38. The molecule has 1 unspecified atom stereocenters. The van der Waals surface area contributed by atoms with Crippen molar-refractivity contribution in [3.8, 4) is 0 Å². The molecular weight excluding hydrogens is 244 g/mol. The van der Waals surface area contributed by atoms with E-state index in [2.05, 4.69) is 26.0 Å². The average molecular weight is 265 g/mol. The fourth-order valence-corrected chi connectivity index (χ4v) is 1.58. The van der Waals surface area contributed by atoms with E-state index >= 15 is 0 Å². The molecule has 1 heterocycles. The number of esters is 1. The molecular formula is C11H21ClN2O3. The summed E-state index contributed by atoms with van der Waals surface area (Å²) in [5.41, 5.74) is 0. The van der Waals surface area contributed by atoms with Gasteiger partial charge in [-0.2, -0.15) is 0 Å². The first kappa shape index (κ1) is 16.4. The highest BCUT2D eigenvalue weighted by molar-refractivity contribution is 5.81. The van der Waals surface area contributed by atoms with E-state index in [1.807, 2.05) is 0 Å². The number of hydrogen-bond acceptors (Lipinski definition) is 4. The summed E-state index contributed by atoms with van der Waals surface area (Å²) in [6.07, 6.45) is 1.30. The molecule has 1 aliphatic rings. The van der Waals surface area contributed by atoms with E-state index in [0.29, 0.717) is 11.1 Å². The van der Waals surface area contributed by atoms with Gasteiger partial charge in [-0.1, -0.05) is 6.58 Å². The molecule has 0 aromatic rings. The van der Waals surface area contributed by atoms with Crippen LogP contribution in [-0.2, 0) is 14.3 Å². The molecule has 5 nitrogen and oxygen atoms in total. The Hall–Kier alpha value is -0.620. The van der Waals surface area contributed by atoms with Gasteiger partial charge in [-0.3, -0.25) is 4.48 Å². The number of morpholine rings is 1. The molecule has 100 valence electrons. The SMILES string of the molecule is C=CC(=O)OCC[N+](C)(C)C1CNCCO1.[Cl-]. The van der Waals surface area contributed by atoms with Gasteiger partial charge in [0.05, 0.1) is 27.2 Å². The first-order chi connectivity index (χ1) is 7.56. The van der Waals surface area contributed by atoms with Crippen LogP contribution in [-0.4, -0.2) is 63.6 Å². The molecule has 1 aliphatic heterocycles. The summed E-state index contributed by atoms with van der Waals surface area (Å²) in [6, 6.07) is 0. The third-order valence-electron chi connectivity index (χ3n) is 2.77. The lowest BCUT2D eigenvalue weighted by molar-refractivity contribution is -0.937. The summed E-state index contributed by atoms with van der Waals surface area (Å²) in [5.74, 6) is -0.373. The van der Waals surface area contributed by atoms with E-state index < -0.39 is 0 Å². The molecule has 0 spiro atoms. The van der Waals surface area contributed by atoms with Crippen LogP contribution < -0.4 is 17.7 Å². The normalized spacial score (nSPS) is 20.2. The van der Waals surface area contributed by atoms with Crippen molar-refractivity contribution in [2.75, 3.05) is 46.9 Å². The maximum Gasteiger partial charge on any atom is 0.330 e. The van der Waals surface area contributed by atoms with Crippen LogP contribution in [0.5, 0.6) is 0 Å². The number of carbonyl (C=O) groups excluding carboxylic acids is 1. The molecule has 6 heteroatoms. The van der Waals surface area contributed by atoms with Gasteiger partial charge in [0.15, 0.2) is 0 Å². The number of likely N-dealkylation sites (N-methyl/N-ethyl adjacent to an activating group) is 1. The third kappa shape index (κ3) is 5.50. The van der Waals surface area contributed by atoms with E-state index in [1.165, 1.54) is 6.08 Å². The van der Waals surface area contributed by atoms with E-state index in [4.69, 9.17) is 9.47 Å². The van der Waals surface area contributed by atoms with Crippen molar-refractivity contribution in [3.63, 3.8) is 0 Å². The Balaban J connectivity index is 0.00000256. The van der Waals surface area contributed by atoms with Gasteiger partial charge in [0.2, 0.25) is 6.23 Å². The molecule has 1 fully saturated rings. The maximum atomic E-state index is 10.9. The van der Waals surface area contributed by atoms with E-state index in [-0.39, 0.29) is 24.6 Å². The van der Waals surface area contributed by atoms with Crippen LogP contribution in [0.1, 0.15) is 0 Å². The Morgan fingerprint density at radius 1 is 1.65 bits per heavy atom. The van der Waals surface area contributed by atoms with Crippen LogP contribution in [0.2, 0.25) is 0 Å². The van der Waals surface area contributed by atoms with Crippen molar-refractivity contribution in [2.24, 2.45) is 0 Å². The number of quaternary nitrogens is 1. The molecule has 1 atom stereocenters. The van der Waals surface area contributed by atoms with Crippen molar-refractivity contribution in [1.29, 1.82) is 0 Å². The van der Waals surface area contributed by atoms with Gasteiger partial charge in [0.25, 0.3) is 0 Å². The van der Waals surface area contributed by atoms with Crippen molar-refractivity contribution in [1.82, 2.24) is 5.32 Å². The van der Waals surface area contributed by atoms with E-state index in [1.54, 1.807) is 0 Å². The Morgan fingerprint density at radius 3 is 2.88 bits per heavy atom. The molecule has 1 rings (SSSR count). The molecule has 0 aliphatic carbocycles. The fourth-order valence-electron chi connectivity index (χ4n) is 1.58. The van der Waals surface area contributed by atoms with Gasteiger partial charge in [-0.15, -0.1) is 0 Å². The average Bonchev–Trinajstić information content (AvgIpc) is 2.30. The summed E-state index contributed by atoms with van der Waals surface area (Å²) >= 11 is 0. The molecule has 17 heavy (non-hydrogen) atoms. The zero-order valence-electron chi connectivity index (χ0n) is 10.4. The first-order valence-corrected chi connectivity index (χ1v) is 5.50. The number of nitrogens with zero attached hydrogens (tertiary/aromatic N) is 1. The molecule has 1 saturated heterocycles. The van der Waals surface area contributed by atoms with Crippen molar-refractivity contribution in [3.05, 3.63) is 12.7 Å². The van der Waals surface area contributed by atoms with Crippen molar-refractivity contribution in [2.45, 2.75) is 6.23 Å². The van der Waals surface area contributed by atoms with E-state index in [9.17, 15) is 4.79 Å². The topological polar surface area (TPSA) is 47.6 Å². The minimum Gasteiger partial charge on any atom is -1.00 e. The smallest absolute Gasteiger partial charge is 0.330 e. The summed E-state index contributed by atoms with van der Waals surface area (Å²) in [6.45, 7) is 6.94. The summed E-state index contributed by atoms with van der Waals surface area (Å²) in [4.78, 5) is 10.9. The van der Waals surface area contributed by atoms with Crippen LogP contribution in [0.15, 0.2) is 12.7 Å². The number of carbonyl (C=O) groups is 1. The number of nitrogens with one attached hydrogen (secondary N) is 1. The lowest BCUT2D eigenvalue weighted by Gasteiger charge is -2.39. The third-order valence-corrected chi connectivity index (χ3v) is 2.77. The van der Waals surface area contributed by atoms with E-state index in [0.717, 1.165) is 26.2 Å². The largest absolute Gasteiger partial charge is 1.00 e. The van der Waals surface area contributed by atoms with Crippen LogP contribution in [0, 0.1) is 0 Å². The molecule has 0 bridgehead atoms. The van der Waals surface area contributed by atoms with Crippen molar-refractivity contribution < 1.29 is 31.2 Å². The van der Waals surface area contributed by atoms with Crippen LogP contribution in [0.3, 0.4) is 0 Å². The van der Waals surface area contributed by atoms with Crippen LogP contribution in [0.25, 0.3) is 0 Å². The predicted octanol–water partition coefficient (Wildman–Crippen LogP) is -3.26. The lowest BCUT2D eigenvalue weighted by atomic mass is 10.3. The lowest BCUT2D eigenvalue weighted by Crippen LogP contribution is -3.00.